The number of hydrogen-bond acceptors (Lipinski definition) is 2. The van der Waals surface area contributed by atoms with E-state index in [-0.39, 0.29) is 6.04 Å². The van der Waals surface area contributed by atoms with Gasteiger partial charge in [0.2, 0.25) is 0 Å². The van der Waals surface area contributed by atoms with E-state index >= 15 is 0 Å². The summed E-state index contributed by atoms with van der Waals surface area (Å²) in [5.41, 5.74) is 2.93. The molecule has 0 aliphatic carbocycles. The van der Waals surface area contributed by atoms with Crippen LogP contribution >= 0.6 is 0 Å². The Labute approximate surface area is 159 Å². The first-order chi connectivity index (χ1) is 13.2. The Hall–Kier alpha value is -2.88. The Morgan fingerprint density at radius 2 is 1.41 bits per heavy atom. The van der Waals surface area contributed by atoms with Crippen LogP contribution in [0.2, 0.25) is 0 Å². The van der Waals surface area contributed by atoms with Gasteiger partial charge in [-0.25, -0.2) is 0 Å². The lowest BCUT2D eigenvalue weighted by atomic mass is 9.78. The van der Waals surface area contributed by atoms with Gasteiger partial charge < -0.3 is 15.4 Å². The first-order valence-corrected chi connectivity index (χ1v) is 9.29. The molecule has 0 fully saturated rings. The average molecular weight is 356 g/mol. The van der Waals surface area contributed by atoms with E-state index in [1.807, 2.05) is 80.0 Å². The van der Waals surface area contributed by atoms with E-state index in [4.69, 9.17) is 0 Å². The first kappa shape index (κ1) is 17.5. The molecule has 0 unspecified atom stereocenters. The zero-order valence-electron chi connectivity index (χ0n) is 15.4. The van der Waals surface area contributed by atoms with Crippen LogP contribution in [0.5, 0.6) is 0 Å². The molecular formula is C24H24N2O. The topological polar surface area (TPSA) is 48.0 Å². The number of aromatic nitrogens is 1. The number of para-hydroxylation sites is 1. The Morgan fingerprint density at radius 3 is 2.00 bits per heavy atom. The van der Waals surface area contributed by atoms with Gasteiger partial charge in [-0.05, 0) is 36.2 Å². The Balaban J connectivity index is 1.80. The van der Waals surface area contributed by atoms with E-state index in [1.54, 1.807) is 0 Å². The van der Waals surface area contributed by atoms with Gasteiger partial charge in [-0.2, -0.15) is 0 Å². The third-order valence-electron chi connectivity index (χ3n) is 5.38. The summed E-state index contributed by atoms with van der Waals surface area (Å²) in [5, 5.41) is 16.6. The predicted octanol–water partition coefficient (Wildman–Crippen LogP) is 4.23. The summed E-state index contributed by atoms with van der Waals surface area (Å²) >= 11 is 0. The maximum atomic E-state index is 12.0. The highest BCUT2D eigenvalue weighted by Gasteiger charge is 2.39. The van der Waals surface area contributed by atoms with Crippen molar-refractivity contribution in [2.45, 2.75) is 18.1 Å². The van der Waals surface area contributed by atoms with Gasteiger partial charge in [0.1, 0.15) is 5.60 Å². The van der Waals surface area contributed by atoms with E-state index in [2.05, 4.69) is 28.5 Å². The summed E-state index contributed by atoms with van der Waals surface area (Å²) in [6, 6.07) is 27.9. The molecule has 27 heavy (non-hydrogen) atoms. The molecule has 0 aliphatic heterocycles. The standard InChI is InChI=1S/C24H24N2O/c1-25-23(16-18-17-26-22-15-9-8-14-21(18)22)24(27,19-10-4-2-5-11-19)20-12-6-3-7-13-20/h2-15,17,23,25-27H,16H2,1H3/t23-/m0/s1. The van der Waals surface area contributed by atoms with Crippen LogP contribution in [-0.2, 0) is 12.0 Å². The fourth-order valence-corrected chi connectivity index (χ4v) is 3.93. The molecule has 3 N–H and O–H groups in total. The minimum atomic E-state index is -1.14. The lowest BCUT2D eigenvalue weighted by molar-refractivity contribution is 0.0400. The molecule has 0 radical (unpaired) electrons. The molecule has 3 aromatic carbocycles. The van der Waals surface area contributed by atoms with Gasteiger partial charge in [0.15, 0.2) is 0 Å². The molecule has 3 nitrogen and oxygen atoms in total. The Bertz CT molecular complexity index is 969. The van der Waals surface area contributed by atoms with Crippen LogP contribution in [0.4, 0.5) is 0 Å². The molecule has 0 spiro atoms. The second-order valence-electron chi connectivity index (χ2n) is 6.90. The van der Waals surface area contributed by atoms with Crippen LogP contribution < -0.4 is 5.32 Å². The molecule has 4 aromatic rings. The zero-order chi connectivity index (χ0) is 18.7. The lowest BCUT2D eigenvalue weighted by Gasteiger charge is -2.37. The van der Waals surface area contributed by atoms with E-state index in [9.17, 15) is 5.11 Å². The number of aromatic amines is 1. The highest BCUT2D eigenvalue weighted by Crippen LogP contribution is 2.35. The summed E-state index contributed by atoms with van der Waals surface area (Å²) in [6.07, 6.45) is 2.74. The summed E-state index contributed by atoms with van der Waals surface area (Å²) in [6.45, 7) is 0. The van der Waals surface area contributed by atoms with Crippen LogP contribution in [0.3, 0.4) is 0 Å². The quantitative estimate of drug-likeness (QED) is 0.484. The Kier molecular flexibility index (Phi) is 4.80. The van der Waals surface area contributed by atoms with Gasteiger partial charge in [0.05, 0.1) is 0 Å². The predicted molar refractivity (Wildman–Crippen MR) is 111 cm³/mol. The molecule has 1 atom stereocenters. The van der Waals surface area contributed by atoms with Gasteiger partial charge in [-0.1, -0.05) is 78.9 Å². The SMILES string of the molecule is CN[C@@H](Cc1c[nH]c2ccccc12)C(O)(c1ccccc1)c1ccccc1. The van der Waals surface area contributed by atoms with Gasteiger partial charge in [0.25, 0.3) is 0 Å². The molecule has 1 aromatic heterocycles. The van der Waals surface area contributed by atoms with Crippen molar-refractivity contribution in [2.24, 2.45) is 0 Å². The summed E-state index contributed by atoms with van der Waals surface area (Å²) in [4.78, 5) is 3.34. The van der Waals surface area contributed by atoms with Crippen molar-refractivity contribution in [1.82, 2.24) is 10.3 Å². The second kappa shape index (κ2) is 7.39. The summed E-state index contributed by atoms with van der Waals surface area (Å²) in [5.74, 6) is 0. The average Bonchev–Trinajstić information content (AvgIpc) is 3.15. The molecule has 0 amide bonds. The van der Waals surface area contributed by atoms with E-state index in [0.29, 0.717) is 6.42 Å². The number of rotatable bonds is 6. The van der Waals surface area contributed by atoms with Crippen molar-refractivity contribution in [3.63, 3.8) is 0 Å². The van der Waals surface area contributed by atoms with Gasteiger partial charge in [-0.15, -0.1) is 0 Å². The third-order valence-corrected chi connectivity index (χ3v) is 5.38. The number of hydrogen-bond donors (Lipinski definition) is 3. The fourth-order valence-electron chi connectivity index (χ4n) is 3.93. The highest BCUT2D eigenvalue weighted by molar-refractivity contribution is 5.83. The van der Waals surface area contributed by atoms with Crippen molar-refractivity contribution in [2.75, 3.05) is 7.05 Å². The van der Waals surface area contributed by atoms with E-state index in [0.717, 1.165) is 16.6 Å². The van der Waals surface area contributed by atoms with Gasteiger partial charge in [-0.3, -0.25) is 0 Å². The minimum Gasteiger partial charge on any atom is -0.379 e. The first-order valence-electron chi connectivity index (χ1n) is 9.29. The van der Waals surface area contributed by atoms with Gasteiger partial charge >= 0.3 is 0 Å². The maximum Gasteiger partial charge on any atom is 0.130 e. The summed E-state index contributed by atoms with van der Waals surface area (Å²) in [7, 11) is 1.91. The smallest absolute Gasteiger partial charge is 0.130 e. The molecule has 0 saturated carbocycles. The number of fused-ring (bicyclic) bond motifs is 1. The van der Waals surface area contributed by atoms with Crippen LogP contribution in [0, 0.1) is 0 Å². The number of likely N-dealkylation sites (N-methyl/N-ethyl adjacent to an activating group) is 1. The number of H-pyrrole nitrogens is 1. The largest absolute Gasteiger partial charge is 0.379 e. The van der Waals surface area contributed by atoms with Crippen LogP contribution in [-0.4, -0.2) is 23.2 Å². The molecule has 4 rings (SSSR count). The molecule has 0 aliphatic rings. The second-order valence-corrected chi connectivity index (χ2v) is 6.90. The van der Waals surface area contributed by atoms with Gasteiger partial charge in [0, 0.05) is 23.1 Å². The van der Waals surface area contributed by atoms with Crippen molar-refractivity contribution in [3.05, 3.63) is 108 Å². The summed E-state index contributed by atoms with van der Waals surface area (Å²) < 4.78 is 0. The van der Waals surface area contributed by atoms with Crippen LogP contribution in [0.15, 0.2) is 91.1 Å². The highest BCUT2D eigenvalue weighted by atomic mass is 16.3. The Morgan fingerprint density at radius 1 is 0.852 bits per heavy atom. The number of nitrogens with one attached hydrogen (secondary N) is 2. The molecule has 136 valence electrons. The molecular weight excluding hydrogens is 332 g/mol. The number of aliphatic hydroxyl groups is 1. The van der Waals surface area contributed by atoms with Crippen LogP contribution in [0.25, 0.3) is 10.9 Å². The molecule has 1 heterocycles. The van der Waals surface area contributed by atoms with Crippen molar-refractivity contribution in [3.8, 4) is 0 Å². The van der Waals surface area contributed by atoms with E-state index < -0.39 is 5.60 Å². The van der Waals surface area contributed by atoms with Crippen molar-refractivity contribution in [1.29, 1.82) is 0 Å². The maximum absolute atomic E-state index is 12.0. The lowest BCUT2D eigenvalue weighted by Crippen LogP contribution is -2.49. The van der Waals surface area contributed by atoms with Crippen molar-refractivity contribution < 1.29 is 5.11 Å². The van der Waals surface area contributed by atoms with Crippen LogP contribution in [0.1, 0.15) is 16.7 Å². The van der Waals surface area contributed by atoms with E-state index in [1.165, 1.54) is 10.9 Å². The molecule has 3 heteroatoms. The zero-order valence-corrected chi connectivity index (χ0v) is 15.4. The minimum absolute atomic E-state index is 0.193. The number of benzene rings is 3. The fraction of sp³-hybridized carbons (Fsp3) is 0.167. The third kappa shape index (κ3) is 3.16. The normalized spacial score (nSPS) is 13.0. The molecule has 0 saturated heterocycles. The monoisotopic (exact) mass is 356 g/mol. The van der Waals surface area contributed by atoms with Crippen molar-refractivity contribution >= 4 is 10.9 Å². The molecule has 0 bridgehead atoms.